The van der Waals surface area contributed by atoms with Crippen molar-refractivity contribution in [3.63, 3.8) is 0 Å². The van der Waals surface area contributed by atoms with Gasteiger partial charge in [-0.1, -0.05) is 28.9 Å². The predicted molar refractivity (Wildman–Crippen MR) is 93.9 cm³/mol. The first kappa shape index (κ1) is 14.9. The number of rotatable bonds is 4. The van der Waals surface area contributed by atoms with Crippen molar-refractivity contribution in [3.05, 3.63) is 41.7 Å². The van der Waals surface area contributed by atoms with Crippen molar-refractivity contribution in [2.24, 2.45) is 17.8 Å². The van der Waals surface area contributed by atoms with Crippen LogP contribution in [0.15, 0.2) is 34.9 Å². The molecule has 1 aromatic carbocycles. The third kappa shape index (κ3) is 2.68. The van der Waals surface area contributed by atoms with Crippen LogP contribution in [-0.4, -0.2) is 16.0 Å². The van der Waals surface area contributed by atoms with Crippen molar-refractivity contribution in [1.82, 2.24) is 10.1 Å². The molecular formula is C20H21N3O2. The lowest BCUT2D eigenvalue weighted by atomic mass is 9.92. The minimum Gasteiger partial charge on any atom is -0.334 e. The zero-order valence-electron chi connectivity index (χ0n) is 14.2. The summed E-state index contributed by atoms with van der Waals surface area (Å²) in [6, 6.07) is 5.94. The Morgan fingerprint density at radius 2 is 2.12 bits per heavy atom. The van der Waals surface area contributed by atoms with Gasteiger partial charge in [-0.05, 0) is 56.6 Å². The van der Waals surface area contributed by atoms with Crippen LogP contribution < -0.4 is 5.32 Å². The number of amides is 1. The maximum absolute atomic E-state index is 12.8. The Kier molecular flexibility index (Phi) is 3.30. The molecule has 2 saturated carbocycles. The molecular weight excluding hydrogens is 314 g/mol. The lowest BCUT2D eigenvalue weighted by Gasteiger charge is -2.18. The number of aromatic nitrogens is 2. The van der Waals surface area contributed by atoms with E-state index in [1.54, 1.807) is 0 Å². The van der Waals surface area contributed by atoms with Crippen LogP contribution in [0.25, 0.3) is 11.5 Å². The molecule has 3 aliphatic carbocycles. The summed E-state index contributed by atoms with van der Waals surface area (Å²) in [5, 5.41) is 7.22. The van der Waals surface area contributed by atoms with Gasteiger partial charge in [0.1, 0.15) is 0 Å². The molecule has 5 nitrogen and oxygen atoms in total. The van der Waals surface area contributed by atoms with Gasteiger partial charge >= 0.3 is 0 Å². The maximum atomic E-state index is 12.8. The first-order valence-electron chi connectivity index (χ1n) is 9.11. The highest BCUT2D eigenvalue weighted by molar-refractivity contribution is 5.96. The number of hydrogen-bond donors (Lipinski definition) is 1. The fourth-order valence-electron chi connectivity index (χ4n) is 4.10. The number of nitrogens with zero attached hydrogens (tertiary/aromatic N) is 2. The molecule has 1 N–H and O–H groups in total. The minimum absolute atomic E-state index is 0.0777. The number of anilines is 1. The molecule has 1 amide bonds. The summed E-state index contributed by atoms with van der Waals surface area (Å²) < 4.78 is 5.48. The normalized spacial score (nSPS) is 27.0. The van der Waals surface area contributed by atoms with Crippen LogP contribution in [0, 0.1) is 24.7 Å². The smallest absolute Gasteiger partial charge is 0.260 e. The standard InChI is InChI=1S/C20H21N3O2/c1-11-2-7-17(21-19(24)15-10-12-3-4-14(15)9-12)16(8-11)20-22-18(23-25-20)13-5-6-13/h2-4,7-8,12-15H,5-6,9-10H2,1H3,(H,21,24). The van der Waals surface area contributed by atoms with Crippen LogP contribution in [-0.2, 0) is 4.79 Å². The molecule has 2 bridgehead atoms. The molecule has 0 radical (unpaired) electrons. The van der Waals surface area contributed by atoms with E-state index in [0.29, 0.717) is 23.6 Å². The Balaban J connectivity index is 1.42. The number of fused-ring (bicyclic) bond motifs is 2. The van der Waals surface area contributed by atoms with Crippen molar-refractivity contribution in [3.8, 4) is 11.5 Å². The van der Waals surface area contributed by atoms with E-state index < -0.39 is 0 Å². The third-order valence-corrected chi connectivity index (χ3v) is 5.66. The van der Waals surface area contributed by atoms with E-state index in [1.807, 2.05) is 25.1 Å². The van der Waals surface area contributed by atoms with Gasteiger partial charge in [-0.15, -0.1) is 0 Å². The second-order valence-corrected chi connectivity index (χ2v) is 7.66. The van der Waals surface area contributed by atoms with Crippen molar-refractivity contribution in [2.75, 3.05) is 5.32 Å². The molecule has 5 rings (SSSR count). The fourth-order valence-corrected chi connectivity index (χ4v) is 4.10. The second kappa shape index (κ2) is 5.55. The maximum Gasteiger partial charge on any atom is 0.260 e. The van der Waals surface area contributed by atoms with Crippen LogP contribution >= 0.6 is 0 Å². The number of carbonyl (C=O) groups is 1. The fraction of sp³-hybridized carbons (Fsp3) is 0.450. The molecule has 1 heterocycles. The van der Waals surface area contributed by atoms with E-state index in [0.717, 1.165) is 48.3 Å². The van der Waals surface area contributed by atoms with Crippen LogP contribution in [0.3, 0.4) is 0 Å². The first-order chi connectivity index (χ1) is 12.2. The van der Waals surface area contributed by atoms with Crippen LogP contribution in [0.1, 0.15) is 43.0 Å². The van der Waals surface area contributed by atoms with Crippen molar-refractivity contribution in [1.29, 1.82) is 0 Å². The highest BCUT2D eigenvalue weighted by Crippen LogP contribution is 2.44. The van der Waals surface area contributed by atoms with Gasteiger partial charge in [0.15, 0.2) is 5.82 Å². The molecule has 3 atom stereocenters. The largest absolute Gasteiger partial charge is 0.334 e. The molecule has 5 heteroatoms. The van der Waals surface area contributed by atoms with Gasteiger partial charge in [0.25, 0.3) is 5.89 Å². The highest BCUT2D eigenvalue weighted by Gasteiger charge is 2.40. The van der Waals surface area contributed by atoms with Crippen LogP contribution in [0.2, 0.25) is 0 Å². The van der Waals surface area contributed by atoms with Crippen LogP contribution in [0.4, 0.5) is 5.69 Å². The lowest BCUT2D eigenvalue weighted by Crippen LogP contribution is -2.26. The molecule has 1 aromatic heterocycles. The molecule has 0 saturated heterocycles. The Bertz CT molecular complexity index is 866. The van der Waals surface area contributed by atoms with Gasteiger partial charge in [-0.3, -0.25) is 4.79 Å². The SMILES string of the molecule is Cc1ccc(NC(=O)C2CC3C=CC2C3)c(-c2nc(C3CC3)no2)c1. The third-order valence-electron chi connectivity index (χ3n) is 5.66. The minimum atomic E-state index is 0.0777. The average molecular weight is 335 g/mol. The number of nitrogens with one attached hydrogen (secondary N) is 1. The van der Waals surface area contributed by atoms with E-state index in [2.05, 4.69) is 27.6 Å². The number of aryl methyl sites for hydroxylation is 1. The summed E-state index contributed by atoms with van der Waals surface area (Å²) in [6.45, 7) is 2.02. The van der Waals surface area contributed by atoms with E-state index in [4.69, 9.17) is 4.52 Å². The summed E-state index contributed by atoms with van der Waals surface area (Å²) in [4.78, 5) is 17.3. The quantitative estimate of drug-likeness (QED) is 0.855. The Labute approximate surface area is 146 Å². The van der Waals surface area contributed by atoms with Crippen LogP contribution in [0.5, 0.6) is 0 Å². The summed E-state index contributed by atoms with van der Waals surface area (Å²) in [5.74, 6) is 2.87. The Hall–Kier alpha value is -2.43. The van der Waals surface area contributed by atoms with E-state index >= 15 is 0 Å². The summed E-state index contributed by atoms with van der Waals surface area (Å²) in [7, 11) is 0. The Morgan fingerprint density at radius 3 is 2.84 bits per heavy atom. The predicted octanol–water partition coefficient (Wildman–Crippen LogP) is 4.07. The van der Waals surface area contributed by atoms with Gasteiger partial charge in [0.05, 0.1) is 11.3 Å². The summed E-state index contributed by atoms with van der Waals surface area (Å²) in [6.07, 6.45) is 8.80. The molecule has 2 aromatic rings. The molecule has 0 spiro atoms. The topological polar surface area (TPSA) is 68.0 Å². The second-order valence-electron chi connectivity index (χ2n) is 7.66. The number of hydrogen-bond acceptors (Lipinski definition) is 4. The number of carbonyl (C=O) groups excluding carboxylic acids is 1. The molecule has 3 unspecified atom stereocenters. The highest BCUT2D eigenvalue weighted by atomic mass is 16.5. The van der Waals surface area contributed by atoms with Gasteiger partial charge in [0.2, 0.25) is 5.91 Å². The summed E-state index contributed by atoms with van der Waals surface area (Å²) >= 11 is 0. The van der Waals surface area contributed by atoms with Crippen molar-refractivity contribution in [2.45, 2.75) is 38.5 Å². The van der Waals surface area contributed by atoms with Gasteiger partial charge in [0, 0.05) is 11.8 Å². The zero-order chi connectivity index (χ0) is 17.0. The van der Waals surface area contributed by atoms with E-state index in [-0.39, 0.29) is 11.8 Å². The van der Waals surface area contributed by atoms with Gasteiger partial charge < -0.3 is 9.84 Å². The van der Waals surface area contributed by atoms with Gasteiger partial charge in [-0.25, -0.2) is 0 Å². The zero-order valence-corrected chi connectivity index (χ0v) is 14.2. The monoisotopic (exact) mass is 335 g/mol. The first-order valence-corrected chi connectivity index (χ1v) is 9.11. The summed E-state index contributed by atoms with van der Waals surface area (Å²) in [5.41, 5.74) is 2.67. The number of allylic oxidation sites excluding steroid dienone is 2. The Morgan fingerprint density at radius 1 is 1.24 bits per heavy atom. The van der Waals surface area contributed by atoms with Crippen molar-refractivity contribution < 1.29 is 9.32 Å². The lowest BCUT2D eigenvalue weighted by molar-refractivity contribution is -0.120. The number of benzene rings is 1. The average Bonchev–Trinajstić information content (AvgIpc) is 3.04. The van der Waals surface area contributed by atoms with Gasteiger partial charge in [-0.2, -0.15) is 4.98 Å². The van der Waals surface area contributed by atoms with Crippen molar-refractivity contribution >= 4 is 11.6 Å². The molecule has 25 heavy (non-hydrogen) atoms. The molecule has 128 valence electrons. The molecule has 2 fully saturated rings. The van der Waals surface area contributed by atoms with E-state index in [9.17, 15) is 4.79 Å². The molecule has 3 aliphatic rings. The van der Waals surface area contributed by atoms with E-state index in [1.165, 1.54) is 0 Å². The molecule has 0 aliphatic heterocycles.